The van der Waals surface area contributed by atoms with Crippen molar-refractivity contribution in [2.45, 2.75) is 25.4 Å². The van der Waals surface area contributed by atoms with Gasteiger partial charge in [0, 0.05) is 13.6 Å². The van der Waals surface area contributed by atoms with Gasteiger partial charge in [-0.25, -0.2) is 4.39 Å². The van der Waals surface area contributed by atoms with Crippen LogP contribution in [0.5, 0.6) is 0 Å². The first kappa shape index (κ1) is 12.0. The molecule has 1 aromatic rings. The highest BCUT2D eigenvalue weighted by molar-refractivity contribution is 5.81. The number of carbonyl (C=O) groups is 1. The molecular formula is C13H17FN2O. The minimum Gasteiger partial charge on any atom is -0.340 e. The van der Waals surface area contributed by atoms with E-state index in [-0.39, 0.29) is 17.8 Å². The van der Waals surface area contributed by atoms with E-state index in [2.05, 4.69) is 5.32 Å². The van der Waals surface area contributed by atoms with Crippen molar-refractivity contribution in [2.75, 3.05) is 13.6 Å². The Balaban J connectivity index is 1.96. The second-order valence-electron chi connectivity index (χ2n) is 4.47. The van der Waals surface area contributed by atoms with E-state index in [0.29, 0.717) is 6.54 Å². The molecule has 2 rings (SSSR count). The van der Waals surface area contributed by atoms with Crippen LogP contribution in [0, 0.1) is 5.82 Å². The van der Waals surface area contributed by atoms with E-state index < -0.39 is 0 Å². The van der Waals surface area contributed by atoms with Crippen molar-refractivity contribution >= 4 is 5.91 Å². The standard InChI is InChI=1S/C13H17FN2O/c1-16(13(17)12-6-3-7-15-12)9-10-4-2-5-11(14)8-10/h2,4-5,8,12,15H,3,6-7,9H2,1H3/t12-/m0/s1. The number of hydrogen-bond donors (Lipinski definition) is 1. The molecule has 1 heterocycles. The maximum absolute atomic E-state index is 13.0. The number of carbonyl (C=O) groups excluding carboxylic acids is 1. The van der Waals surface area contributed by atoms with Gasteiger partial charge in [0.1, 0.15) is 5.82 Å². The Morgan fingerprint density at radius 2 is 2.41 bits per heavy atom. The zero-order chi connectivity index (χ0) is 12.3. The first-order valence-corrected chi connectivity index (χ1v) is 5.89. The monoisotopic (exact) mass is 236 g/mol. The van der Waals surface area contributed by atoms with Gasteiger partial charge in [0.25, 0.3) is 0 Å². The van der Waals surface area contributed by atoms with Gasteiger partial charge in [0.2, 0.25) is 5.91 Å². The summed E-state index contributed by atoms with van der Waals surface area (Å²) in [6.45, 7) is 1.36. The van der Waals surface area contributed by atoms with Crippen molar-refractivity contribution in [1.82, 2.24) is 10.2 Å². The lowest BCUT2D eigenvalue weighted by Gasteiger charge is -2.21. The summed E-state index contributed by atoms with van der Waals surface area (Å²) in [5.74, 6) is -0.172. The molecule has 1 amide bonds. The first-order valence-electron chi connectivity index (χ1n) is 5.89. The molecule has 3 nitrogen and oxygen atoms in total. The fraction of sp³-hybridized carbons (Fsp3) is 0.462. The molecule has 0 unspecified atom stereocenters. The zero-order valence-electron chi connectivity index (χ0n) is 9.95. The van der Waals surface area contributed by atoms with E-state index in [9.17, 15) is 9.18 Å². The molecule has 1 aliphatic rings. The number of nitrogens with one attached hydrogen (secondary N) is 1. The second kappa shape index (κ2) is 5.27. The van der Waals surface area contributed by atoms with Gasteiger partial charge in [-0.3, -0.25) is 4.79 Å². The van der Waals surface area contributed by atoms with Crippen molar-refractivity contribution in [3.63, 3.8) is 0 Å². The quantitative estimate of drug-likeness (QED) is 0.863. The van der Waals surface area contributed by atoms with Crippen molar-refractivity contribution in [1.29, 1.82) is 0 Å². The molecule has 0 radical (unpaired) electrons. The van der Waals surface area contributed by atoms with Crippen LogP contribution in [0.3, 0.4) is 0 Å². The summed E-state index contributed by atoms with van der Waals surface area (Å²) in [4.78, 5) is 13.7. The van der Waals surface area contributed by atoms with Gasteiger partial charge < -0.3 is 10.2 Å². The Labute approximate surface area is 101 Å². The molecule has 1 atom stereocenters. The highest BCUT2D eigenvalue weighted by Crippen LogP contribution is 2.11. The SMILES string of the molecule is CN(Cc1cccc(F)c1)C(=O)[C@@H]1CCCN1. The highest BCUT2D eigenvalue weighted by atomic mass is 19.1. The van der Waals surface area contributed by atoms with E-state index in [0.717, 1.165) is 24.9 Å². The molecule has 1 saturated heterocycles. The molecule has 0 bridgehead atoms. The molecule has 1 fully saturated rings. The van der Waals surface area contributed by atoms with Crippen molar-refractivity contribution in [3.05, 3.63) is 35.6 Å². The summed E-state index contributed by atoms with van der Waals surface area (Å²) >= 11 is 0. The summed E-state index contributed by atoms with van der Waals surface area (Å²) in [5.41, 5.74) is 0.818. The minimum atomic E-state index is -0.262. The molecule has 0 aromatic heterocycles. The number of halogens is 1. The van der Waals surface area contributed by atoms with Crippen LogP contribution >= 0.6 is 0 Å². The molecule has 0 saturated carbocycles. The van der Waals surface area contributed by atoms with Crippen LogP contribution < -0.4 is 5.32 Å². The number of rotatable bonds is 3. The number of hydrogen-bond acceptors (Lipinski definition) is 2. The lowest BCUT2D eigenvalue weighted by Crippen LogP contribution is -2.41. The van der Waals surface area contributed by atoms with Crippen LogP contribution in [-0.4, -0.2) is 30.4 Å². The molecule has 17 heavy (non-hydrogen) atoms. The third-order valence-corrected chi connectivity index (χ3v) is 3.04. The predicted molar refractivity (Wildman–Crippen MR) is 63.9 cm³/mol. The van der Waals surface area contributed by atoms with Gasteiger partial charge in [0.15, 0.2) is 0 Å². The fourth-order valence-corrected chi connectivity index (χ4v) is 2.15. The van der Waals surface area contributed by atoms with Crippen molar-refractivity contribution in [2.24, 2.45) is 0 Å². The maximum Gasteiger partial charge on any atom is 0.239 e. The van der Waals surface area contributed by atoms with E-state index in [1.54, 1.807) is 18.0 Å². The number of amides is 1. The Kier molecular flexibility index (Phi) is 3.74. The van der Waals surface area contributed by atoms with Crippen LogP contribution in [0.25, 0.3) is 0 Å². The Morgan fingerprint density at radius 3 is 3.06 bits per heavy atom. The van der Waals surface area contributed by atoms with Gasteiger partial charge in [-0.05, 0) is 37.1 Å². The smallest absolute Gasteiger partial charge is 0.239 e. The zero-order valence-corrected chi connectivity index (χ0v) is 9.95. The molecule has 1 aliphatic heterocycles. The average Bonchev–Trinajstić information content (AvgIpc) is 2.81. The maximum atomic E-state index is 13.0. The largest absolute Gasteiger partial charge is 0.340 e. The second-order valence-corrected chi connectivity index (χ2v) is 4.47. The van der Waals surface area contributed by atoms with Crippen molar-refractivity contribution < 1.29 is 9.18 Å². The summed E-state index contributed by atoms with van der Waals surface area (Å²) < 4.78 is 13.0. The van der Waals surface area contributed by atoms with Crippen LogP contribution in [0.4, 0.5) is 4.39 Å². The van der Waals surface area contributed by atoms with Gasteiger partial charge in [-0.1, -0.05) is 12.1 Å². The van der Waals surface area contributed by atoms with Crippen LogP contribution in [0.2, 0.25) is 0 Å². The molecule has 1 N–H and O–H groups in total. The van der Waals surface area contributed by atoms with Crippen molar-refractivity contribution in [3.8, 4) is 0 Å². The molecular weight excluding hydrogens is 219 g/mol. The highest BCUT2D eigenvalue weighted by Gasteiger charge is 2.24. The van der Waals surface area contributed by atoms with Crippen LogP contribution in [0.15, 0.2) is 24.3 Å². The lowest BCUT2D eigenvalue weighted by atomic mass is 10.1. The van der Waals surface area contributed by atoms with Gasteiger partial charge in [-0.15, -0.1) is 0 Å². The first-order chi connectivity index (χ1) is 8.16. The molecule has 1 aromatic carbocycles. The average molecular weight is 236 g/mol. The normalized spacial score (nSPS) is 19.3. The van der Waals surface area contributed by atoms with E-state index >= 15 is 0 Å². The Hall–Kier alpha value is -1.42. The Morgan fingerprint density at radius 1 is 1.59 bits per heavy atom. The van der Waals surface area contributed by atoms with Crippen LogP contribution in [-0.2, 0) is 11.3 Å². The molecule has 0 aliphatic carbocycles. The topological polar surface area (TPSA) is 32.3 Å². The van der Waals surface area contributed by atoms with Gasteiger partial charge >= 0.3 is 0 Å². The minimum absolute atomic E-state index is 0.0615. The summed E-state index contributed by atoms with van der Waals surface area (Å²) in [7, 11) is 1.76. The number of benzene rings is 1. The number of likely N-dealkylation sites (N-methyl/N-ethyl adjacent to an activating group) is 1. The molecule has 0 spiro atoms. The van der Waals surface area contributed by atoms with Gasteiger partial charge in [0.05, 0.1) is 6.04 Å². The molecule has 4 heteroatoms. The van der Waals surface area contributed by atoms with E-state index in [1.165, 1.54) is 12.1 Å². The third kappa shape index (κ3) is 3.03. The molecule has 92 valence electrons. The van der Waals surface area contributed by atoms with Gasteiger partial charge in [-0.2, -0.15) is 0 Å². The fourth-order valence-electron chi connectivity index (χ4n) is 2.15. The number of nitrogens with zero attached hydrogens (tertiary/aromatic N) is 1. The third-order valence-electron chi connectivity index (χ3n) is 3.04. The summed E-state index contributed by atoms with van der Waals surface area (Å²) in [5, 5.41) is 3.17. The summed E-state index contributed by atoms with van der Waals surface area (Å²) in [6, 6.07) is 6.30. The van der Waals surface area contributed by atoms with E-state index in [4.69, 9.17) is 0 Å². The van der Waals surface area contributed by atoms with E-state index in [1.807, 2.05) is 6.07 Å². The Bertz CT molecular complexity index is 402. The van der Waals surface area contributed by atoms with Crippen LogP contribution in [0.1, 0.15) is 18.4 Å². The predicted octanol–water partition coefficient (Wildman–Crippen LogP) is 1.54. The summed E-state index contributed by atoms with van der Waals surface area (Å²) in [6.07, 6.45) is 1.94. The lowest BCUT2D eigenvalue weighted by molar-refractivity contribution is -0.132.